The Balaban J connectivity index is 1.30. The molecule has 1 aliphatic heterocycles. The molecule has 0 aliphatic carbocycles. The summed E-state index contributed by atoms with van der Waals surface area (Å²) in [5.74, 6) is 1.18. The molecular formula is C20H23N7O2S. The Morgan fingerprint density at radius 3 is 2.77 bits per heavy atom. The highest BCUT2D eigenvalue weighted by molar-refractivity contribution is 7.15. The molecule has 3 aromatic heterocycles. The minimum atomic E-state index is -0.739. The third-order valence-electron chi connectivity index (χ3n) is 5.12. The van der Waals surface area contributed by atoms with E-state index < -0.39 is 6.10 Å². The zero-order chi connectivity index (χ0) is 20.8. The topological polar surface area (TPSA) is 106 Å². The van der Waals surface area contributed by atoms with Gasteiger partial charge < -0.3 is 9.64 Å². The molecule has 0 radical (unpaired) electrons. The summed E-state index contributed by atoms with van der Waals surface area (Å²) in [6.07, 6.45) is 7.20. The SMILES string of the molecule is CO[C@H](C(=O)Nc1nnc(CC2CCN(c3cccnn3)CC2)s1)c1cccnc1. The molecule has 1 amide bonds. The van der Waals surface area contributed by atoms with Crippen molar-refractivity contribution >= 4 is 28.2 Å². The smallest absolute Gasteiger partial charge is 0.260 e. The zero-order valence-electron chi connectivity index (χ0n) is 16.6. The highest BCUT2D eigenvalue weighted by Crippen LogP contribution is 2.27. The van der Waals surface area contributed by atoms with E-state index in [1.807, 2.05) is 12.1 Å². The summed E-state index contributed by atoms with van der Waals surface area (Å²) < 4.78 is 5.34. The third kappa shape index (κ3) is 4.95. The van der Waals surface area contributed by atoms with Gasteiger partial charge in [-0.15, -0.1) is 15.3 Å². The molecular weight excluding hydrogens is 402 g/mol. The van der Waals surface area contributed by atoms with Crippen LogP contribution < -0.4 is 10.2 Å². The molecule has 0 saturated carbocycles. The maximum atomic E-state index is 12.6. The lowest BCUT2D eigenvalue weighted by atomic mass is 9.94. The minimum Gasteiger partial charge on any atom is -0.367 e. The van der Waals surface area contributed by atoms with Gasteiger partial charge in [0.25, 0.3) is 5.91 Å². The van der Waals surface area contributed by atoms with Gasteiger partial charge in [0.2, 0.25) is 5.13 Å². The van der Waals surface area contributed by atoms with E-state index in [1.165, 1.54) is 18.4 Å². The Morgan fingerprint density at radius 2 is 2.07 bits per heavy atom. The molecule has 4 rings (SSSR count). The lowest BCUT2D eigenvalue weighted by Crippen LogP contribution is -2.34. The van der Waals surface area contributed by atoms with E-state index >= 15 is 0 Å². The molecule has 1 aliphatic rings. The molecule has 0 unspecified atom stereocenters. The van der Waals surface area contributed by atoms with E-state index in [0.29, 0.717) is 16.6 Å². The first-order chi connectivity index (χ1) is 14.7. The first-order valence-corrected chi connectivity index (χ1v) is 10.6. The molecule has 1 atom stereocenters. The van der Waals surface area contributed by atoms with Crippen LogP contribution in [0.1, 0.15) is 29.5 Å². The normalized spacial score (nSPS) is 15.7. The van der Waals surface area contributed by atoms with Crippen molar-refractivity contribution in [1.82, 2.24) is 25.4 Å². The number of aromatic nitrogens is 5. The fourth-order valence-electron chi connectivity index (χ4n) is 3.56. The number of pyridine rings is 1. The van der Waals surface area contributed by atoms with E-state index in [1.54, 1.807) is 30.7 Å². The molecule has 3 aromatic rings. The van der Waals surface area contributed by atoms with Crippen molar-refractivity contribution in [3.8, 4) is 0 Å². The summed E-state index contributed by atoms with van der Waals surface area (Å²) in [5.41, 5.74) is 0.692. The van der Waals surface area contributed by atoms with Crippen LogP contribution in [0.15, 0.2) is 42.9 Å². The summed E-state index contributed by atoms with van der Waals surface area (Å²) in [4.78, 5) is 18.9. The second kappa shape index (κ2) is 9.68. The van der Waals surface area contributed by atoms with Crippen molar-refractivity contribution in [1.29, 1.82) is 0 Å². The van der Waals surface area contributed by atoms with Gasteiger partial charge >= 0.3 is 0 Å². The van der Waals surface area contributed by atoms with Crippen LogP contribution in [0.4, 0.5) is 10.9 Å². The van der Waals surface area contributed by atoms with Gasteiger partial charge in [-0.25, -0.2) is 0 Å². The average Bonchev–Trinajstić information content (AvgIpc) is 3.23. The monoisotopic (exact) mass is 425 g/mol. The Hall–Kier alpha value is -2.98. The zero-order valence-corrected chi connectivity index (χ0v) is 17.5. The van der Waals surface area contributed by atoms with Crippen molar-refractivity contribution in [2.45, 2.75) is 25.4 Å². The van der Waals surface area contributed by atoms with Gasteiger partial charge in [0.1, 0.15) is 5.01 Å². The van der Waals surface area contributed by atoms with Crippen LogP contribution in [0, 0.1) is 5.92 Å². The van der Waals surface area contributed by atoms with Gasteiger partial charge in [0.05, 0.1) is 0 Å². The first kappa shape index (κ1) is 20.3. The van der Waals surface area contributed by atoms with Gasteiger partial charge in [-0.1, -0.05) is 17.4 Å². The number of nitrogens with zero attached hydrogens (tertiary/aromatic N) is 6. The van der Waals surface area contributed by atoms with Crippen LogP contribution in [0.2, 0.25) is 0 Å². The standard InChI is InChI=1S/C20H23N7O2S/c1-29-18(15-4-2-8-21-13-15)19(28)23-20-26-25-17(30-20)12-14-6-10-27(11-7-14)16-5-3-9-22-24-16/h2-5,8-9,13-14,18H,6-7,10-12H2,1H3,(H,23,26,28)/t18-/m0/s1. The van der Waals surface area contributed by atoms with E-state index in [-0.39, 0.29) is 5.91 Å². The maximum Gasteiger partial charge on any atom is 0.260 e. The number of hydrogen-bond acceptors (Lipinski definition) is 9. The van der Waals surface area contributed by atoms with Crippen molar-refractivity contribution in [2.75, 3.05) is 30.4 Å². The van der Waals surface area contributed by atoms with Crippen molar-refractivity contribution in [3.05, 3.63) is 53.4 Å². The van der Waals surface area contributed by atoms with Gasteiger partial charge in [0.15, 0.2) is 11.9 Å². The van der Waals surface area contributed by atoms with E-state index in [9.17, 15) is 4.79 Å². The Morgan fingerprint density at radius 1 is 1.23 bits per heavy atom. The van der Waals surface area contributed by atoms with Crippen LogP contribution in [0.5, 0.6) is 0 Å². The van der Waals surface area contributed by atoms with Gasteiger partial charge in [0, 0.05) is 50.8 Å². The molecule has 1 fully saturated rings. The average molecular weight is 426 g/mol. The lowest BCUT2D eigenvalue weighted by molar-refractivity contribution is -0.126. The van der Waals surface area contributed by atoms with Crippen molar-refractivity contribution < 1.29 is 9.53 Å². The van der Waals surface area contributed by atoms with E-state index in [2.05, 4.69) is 35.6 Å². The fraction of sp³-hybridized carbons (Fsp3) is 0.400. The van der Waals surface area contributed by atoms with Crippen molar-refractivity contribution in [2.24, 2.45) is 5.92 Å². The number of anilines is 2. The predicted octanol–water partition coefficient (Wildman–Crippen LogP) is 2.51. The molecule has 1 N–H and O–H groups in total. The molecule has 4 heterocycles. The molecule has 9 nitrogen and oxygen atoms in total. The molecule has 0 aromatic carbocycles. The third-order valence-corrected chi connectivity index (χ3v) is 5.98. The number of methoxy groups -OCH3 is 1. The Kier molecular flexibility index (Phi) is 6.55. The van der Waals surface area contributed by atoms with Crippen LogP contribution in [-0.4, -0.2) is 51.5 Å². The number of carbonyl (C=O) groups excluding carboxylic acids is 1. The highest BCUT2D eigenvalue weighted by atomic mass is 32.1. The number of amides is 1. The number of ether oxygens (including phenoxy) is 1. The number of nitrogens with one attached hydrogen (secondary N) is 1. The van der Waals surface area contributed by atoms with Crippen molar-refractivity contribution in [3.63, 3.8) is 0 Å². The summed E-state index contributed by atoms with van der Waals surface area (Å²) >= 11 is 1.41. The summed E-state index contributed by atoms with van der Waals surface area (Å²) in [6.45, 7) is 1.90. The van der Waals surface area contributed by atoms with Crippen LogP contribution >= 0.6 is 11.3 Å². The van der Waals surface area contributed by atoms with Gasteiger partial charge in [-0.2, -0.15) is 5.10 Å². The summed E-state index contributed by atoms with van der Waals surface area (Å²) in [6, 6.07) is 7.48. The first-order valence-electron chi connectivity index (χ1n) is 9.81. The molecule has 30 heavy (non-hydrogen) atoms. The maximum absolute atomic E-state index is 12.6. The second-order valence-corrected chi connectivity index (χ2v) is 8.17. The summed E-state index contributed by atoms with van der Waals surface area (Å²) in [5, 5.41) is 20.8. The van der Waals surface area contributed by atoms with Crippen LogP contribution in [0.3, 0.4) is 0 Å². The quantitative estimate of drug-likeness (QED) is 0.615. The van der Waals surface area contributed by atoms with Crippen LogP contribution in [-0.2, 0) is 16.0 Å². The van der Waals surface area contributed by atoms with Gasteiger partial charge in [-0.05, 0) is 37.0 Å². The lowest BCUT2D eigenvalue weighted by Gasteiger charge is -2.32. The van der Waals surface area contributed by atoms with E-state index in [0.717, 1.165) is 43.2 Å². The largest absolute Gasteiger partial charge is 0.367 e. The van der Waals surface area contributed by atoms with E-state index in [4.69, 9.17) is 4.74 Å². The molecule has 1 saturated heterocycles. The van der Waals surface area contributed by atoms with Gasteiger partial charge in [-0.3, -0.25) is 15.1 Å². The second-order valence-electron chi connectivity index (χ2n) is 7.11. The minimum absolute atomic E-state index is 0.287. The highest BCUT2D eigenvalue weighted by Gasteiger charge is 2.24. The molecule has 0 bridgehead atoms. The number of rotatable bonds is 7. The number of piperidine rings is 1. The Labute approximate surface area is 178 Å². The molecule has 10 heteroatoms. The molecule has 0 spiro atoms. The summed E-state index contributed by atoms with van der Waals surface area (Å²) in [7, 11) is 1.50. The Bertz CT molecular complexity index is 946. The van der Waals surface area contributed by atoms with Crippen LogP contribution in [0.25, 0.3) is 0 Å². The fourth-order valence-corrected chi connectivity index (χ4v) is 4.42. The molecule has 156 valence electrons. The number of hydrogen-bond donors (Lipinski definition) is 1. The number of carbonyl (C=O) groups is 1. The predicted molar refractivity (Wildman–Crippen MR) is 113 cm³/mol.